The number of fused-ring (bicyclic) bond motifs is 1. The number of imidazole rings is 1. The maximum absolute atomic E-state index is 13.0. The van der Waals surface area contributed by atoms with Crippen LogP contribution < -0.4 is 10.1 Å². The second kappa shape index (κ2) is 9.55. The minimum atomic E-state index is -0.261. The number of ether oxygens (including phenoxy) is 1. The zero-order valence-corrected chi connectivity index (χ0v) is 20.3. The maximum Gasteiger partial charge on any atom is 0.255 e. The van der Waals surface area contributed by atoms with Crippen LogP contribution in [0.4, 0.5) is 5.69 Å². The predicted octanol–water partition coefficient (Wildman–Crippen LogP) is 5.44. The van der Waals surface area contributed by atoms with Crippen molar-refractivity contribution in [3.8, 4) is 39.8 Å². The van der Waals surface area contributed by atoms with E-state index in [0.29, 0.717) is 34.0 Å². The topological polar surface area (TPSA) is 118 Å². The molecule has 0 bridgehead atoms. The van der Waals surface area contributed by atoms with Crippen molar-refractivity contribution in [2.45, 2.75) is 0 Å². The molecule has 38 heavy (non-hydrogen) atoms. The molecular weight excluding hydrogens is 480 g/mol. The first-order valence-corrected chi connectivity index (χ1v) is 11.8. The Labute approximate surface area is 217 Å². The number of nitrogens with zero attached hydrogens (tertiary/aromatic N) is 4. The molecule has 0 aliphatic heterocycles. The van der Waals surface area contributed by atoms with E-state index in [1.807, 2.05) is 54.7 Å². The van der Waals surface area contributed by atoms with E-state index in [2.05, 4.69) is 25.4 Å². The number of hydrogen-bond acceptors (Lipinski definition) is 6. The summed E-state index contributed by atoms with van der Waals surface area (Å²) < 4.78 is 7.11. The van der Waals surface area contributed by atoms with Crippen LogP contribution in [0.5, 0.6) is 11.6 Å². The molecule has 3 aromatic carbocycles. The normalized spacial score (nSPS) is 11.0. The van der Waals surface area contributed by atoms with Crippen molar-refractivity contribution in [1.82, 2.24) is 24.7 Å². The summed E-state index contributed by atoms with van der Waals surface area (Å²) in [5.74, 6) is 0.777. The second-order valence-corrected chi connectivity index (χ2v) is 8.56. The zero-order valence-electron chi connectivity index (χ0n) is 20.3. The number of methoxy groups -OCH3 is 1. The minimum absolute atomic E-state index is 0.0747. The molecule has 0 fully saturated rings. The number of pyridine rings is 1. The lowest BCUT2D eigenvalue weighted by atomic mass is 10.0. The largest absolute Gasteiger partial charge is 0.507 e. The van der Waals surface area contributed by atoms with Crippen molar-refractivity contribution in [3.05, 3.63) is 103 Å². The van der Waals surface area contributed by atoms with Crippen molar-refractivity contribution in [2.24, 2.45) is 0 Å². The summed E-state index contributed by atoms with van der Waals surface area (Å²) in [4.78, 5) is 25.2. The van der Waals surface area contributed by atoms with Gasteiger partial charge in [-0.3, -0.25) is 4.79 Å². The number of rotatable bonds is 6. The highest BCUT2D eigenvalue weighted by molar-refractivity contribution is 6.06. The summed E-state index contributed by atoms with van der Waals surface area (Å²) in [6, 6.07) is 23.5. The number of phenols is 1. The molecule has 0 aliphatic rings. The van der Waals surface area contributed by atoms with Gasteiger partial charge >= 0.3 is 0 Å². The Hall–Kier alpha value is -5.44. The molecule has 9 nitrogen and oxygen atoms in total. The molecule has 6 rings (SSSR count). The number of amides is 1. The number of benzene rings is 3. The van der Waals surface area contributed by atoms with Gasteiger partial charge in [-0.05, 0) is 72.3 Å². The van der Waals surface area contributed by atoms with Crippen LogP contribution in [0.2, 0.25) is 0 Å². The molecule has 3 aromatic heterocycles. The first-order chi connectivity index (χ1) is 18.6. The molecule has 0 aliphatic carbocycles. The van der Waals surface area contributed by atoms with Gasteiger partial charge in [-0.2, -0.15) is 5.10 Å². The van der Waals surface area contributed by atoms with Crippen LogP contribution in [-0.4, -0.2) is 42.9 Å². The van der Waals surface area contributed by atoms with Crippen molar-refractivity contribution in [2.75, 3.05) is 12.4 Å². The Kier molecular flexibility index (Phi) is 5.78. The van der Waals surface area contributed by atoms with Crippen LogP contribution in [0.1, 0.15) is 10.4 Å². The minimum Gasteiger partial charge on any atom is -0.507 e. The van der Waals surface area contributed by atoms with E-state index in [-0.39, 0.29) is 11.7 Å². The quantitative estimate of drug-likeness (QED) is 0.279. The van der Waals surface area contributed by atoms with E-state index in [4.69, 9.17) is 4.74 Å². The van der Waals surface area contributed by atoms with Gasteiger partial charge in [0.15, 0.2) is 0 Å². The number of carbonyl (C=O) groups is 1. The Morgan fingerprint density at radius 3 is 2.74 bits per heavy atom. The number of carbonyl (C=O) groups excluding carboxylic acids is 1. The van der Waals surface area contributed by atoms with Crippen LogP contribution in [0.3, 0.4) is 0 Å². The predicted molar refractivity (Wildman–Crippen MR) is 144 cm³/mol. The molecule has 3 N–H and O–H groups in total. The fourth-order valence-electron chi connectivity index (χ4n) is 4.29. The van der Waals surface area contributed by atoms with E-state index >= 15 is 0 Å². The first-order valence-electron chi connectivity index (χ1n) is 11.8. The Morgan fingerprint density at radius 2 is 1.89 bits per heavy atom. The Bertz CT molecular complexity index is 1780. The van der Waals surface area contributed by atoms with Gasteiger partial charge in [-0.25, -0.2) is 14.6 Å². The number of phenolic OH excluding ortho intramolecular Hbond substituents is 1. The Morgan fingerprint density at radius 1 is 0.974 bits per heavy atom. The molecule has 6 aromatic rings. The summed E-state index contributed by atoms with van der Waals surface area (Å²) in [6.07, 6.45) is 5.20. The third kappa shape index (κ3) is 4.33. The third-order valence-electron chi connectivity index (χ3n) is 6.15. The van der Waals surface area contributed by atoms with E-state index in [0.717, 1.165) is 22.3 Å². The lowest BCUT2D eigenvalue weighted by molar-refractivity contribution is 0.102. The smallest absolute Gasteiger partial charge is 0.255 e. The number of hydrogen-bond donors (Lipinski definition) is 3. The summed E-state index contributed by atoms with van der Waals surface area (Å²) >= 11 is 0. The second-order valence-electron chi connectivity index (χ2n) is 8.56. The SMILES string of the molecule is COc1ncccc1-c1ccc(O)c(-c2nc3cc(C(=O)Nc4cccc(-n5cccn5)c4)ccc3[nH]2)c1. The molecule has 186 valence electrons. The van der Waals surface area contributed by atoms with E-state index < -0.39 is 0 Å². The van der Waals surface area contributed by atoms with Crippen LogP contribution >= 0.6 is 0 Å². The zero-order chi connectivity index (χ0) is 26.1. The molecule has 9 heteroatoms. The van der Waals surface area contributed by atoms with Crippen LogP contribution in [-0.2, 0) is 0 Å². The summed E-state index contributed by atoms with van der Waals surface area (Å²) in [5, 5.41) is 17.8. The molecule has 0 unspecified atom stereocenters. The van der Waals surface area contributed by atoms with Crippen LogP contribution in [0, 0.1) is 0 Å². The van der Waals surface area contributed by atoms with Gasteiger partial charge in [0.2, 0.25) is 5.88 Å². The maximum atomic E-state index is 13.0. The summed E-state index contributed by atoms with van der Waals surface area (Å²) in [7, 11) is 1.57. The highest BCUT2D eigenvalue weighted by Crippen LogP contribution is 2.35. The van der Waals surface area contributed by atoms with Gasteiger partial charge in [0, 0.05) is 35.4 Å². The van der Waals surface area contributed by atoms with Gasteiger partial charge in [-0.15, -0.1) is 0 Å². The number of anilines is 1. The van der Waals surface area contributed by atoms with E-state index in [1.54, 1.807) is 54.5 Å². The van der Waals surface area contributed by atoms with Crippen LogP contribution in [0.25, 0.3) is 39.2 Å². The molecule has 1 amide bonds. The number of aromatic hydroxyl groups is 1. The highest BCUT2D eigenvalue weighted by Gasteiger charge is 2.15. The van der Waals surface area contributed by atoms with E-state index in [9.17, 15) is 9.90 Å². The molecule has 0 radical (unpaired) electrons. The van der Waals surface area contributed by atoms with Gasteiger partial charge in [0.05, 0.1) is 29.4 Å². The fourth-order valence-corrected chi connectivity index (χ4v) is 4.29. The van der Waals surface area contributed by atoms with Crippen molar-refractivity contribution >= 4 is 22.6 Å². The van der Waals surface area contributed by atoms with Gasteiger partial charge in [0.25, 0.3) is 5.91 Å². The molecule has 0 saturated heterocycles. The molecule has 3 heterocycles. The Balaban J connectivity index is 1.29. The lowest BCUT2D eigenvalue weighted by Gasteiger charge is -2.09. The fraction of sp³-hybridized carbons (Fsp3) is 0.0345. The average molecular weight is 503 g/mol. The monoisotopic (exact) mass is 502 g/mol. The number of nitrogens with one attached hydrogen (secondary N) is 2. The standard InChI is InChI=1S/C29H22N6O3/c1-38-29-22(7-3-12-30-29)18-9-11-26(36)23(15-18)27-33-24-10-8-19(16-25(24)34-27)28(37)32-20-5-2-6-21(17-20)35-14-4-13-31-35/h2-17,36H,1H3,(H,32,37)(H,33,34). The number of H-pyrrole nitrogens is 1. The summed E-state index contributed by atoms with van der Waals surface area (Å²) in [6.45, 7) is 0. The third-order valence-corrected chi connectivity index (χ3v) is 6.15. The van der Waals surface area contributed by atoms with Crippen molar-refractivity contribution in [3.63, 3.8) is 0 Å². The lowest BCUT2D eigenvalue weighted by Crippen LogP contribution is -2.12. The number of aromatic nitrogens is 5. The molecule has 0 atom stereocenters. The van der Waals surface area contributed by atoms with Crippen molar-refractivity contribution in [1.29, 1.82) is 0 Å². The molecular formula is C29H22N6O3. The first kappa shape index (κ1) is 23.0. The average Bonchev–Trinajstić information content (AvgIpc) is 3.64. The summed E-state index contributed by atoms with van der Waals surface area (Å²) in [5.41, 5.74) is 5.42. The molecule has 0 saturated carbocycles. The van der Waals surface area contributed by atoms with Gasteiger partial charge < -0.3 is 20.1 Å². The van der Waals surface area contributed by atoms with Crippen LogP contribution in [0.15, 0.2) is 97.5 Å². The highest BCUT2D eigenvalue weighted by atomic mass is 16.5. The number of aromatic amines is 1. The van der Waals surface area contributed by atoms with Gasteiger partial charge in [0.1, 0.15) is 11.6 Å². The van der Waals surface area contributed by atoms with E-state index in [1.165, 1.54) is 0 Å². The van der Waals surface area contributed by atoms with Gasteiger partial charge in [-0.1, -0.05) is 12.1 Å². The van der Waals surface area contributed by atoms with Crippen molar-refractivity contribution < 1.29 is 14.6 Å². The molecule has 0 spiro atoms.